The van der Waals surface area contributed by atoms with Gasteiger partial charge < -0.3 is 4.90 Å². The van der Waals surface area contributed by atoms with Crippen molar-refractivity contribution in [2.45, 2.75) is 20.3 Å². The molecule has 5 nitrogen and oxygen atoms in total. The van der Waals surface area contributed by atoms with Crippen molar-refractivity contribution in [2.75, 3.05) is 29.5 Å². The van der Waals surface area contributed by atoms with Crippen LogP contribution < -0.4 is 4.90 Å². The van der Waals surface area contributed by atoms with Crippen molar-refractivity contribution >= 4 is 23.2 Å². The lowest BCUT2D eigenvalue weighted by molar-refractivity contribution is 0.795. The summed E-state index contributed by atoms with van der Waals surface area (Å²) in [6, 6.07) is 2.05. The summed E-state index contributed by atoms with van der Waals surface area (Å²) in [6.45, 7) is 6.20. The summed E-state index contributed by atoms with van der Waals surface area (Å²) < 4.78 is 1.83. The van der Waals surface area contributed by atoms with E-state index in [0.29, 0.717) is 0 Å². The van der Waals surface area contributed by atoms with Crippen LogP contribution in [0.3, 0.4) is 0 Å². The summed E-state index contributed by atoms with van der Waals surface area (Å²) >= 11 is 2.01. The van der Waals surface area contributed by atoms with Gasteiger partial charge in [-0.05, 0) is 6.92 Å². The van der Waals surface area contributed by atoms with Crippen LogP contribution in [0.25, 0.3) is 5.65 Å². The lowest BCUT2D eigenvalue weighted by Crippen LogP contribution is -2.33. The molecule has 0 unspecified atom stereocenters. The molecule has 2 aromatic rings. The average molecular weight is 263 g/mol. The van der Waals surface area contributed by atoms with Gasteiger partial charge in [-0.15, -0.1) is 5.10 Å². The first-order valence-electron chi connectivity index (χ1n) is 6.34. The Kier molecular flexibility index (Phi) is 3.11. The fourth-order valence-electron chi connectivity index (χ4n) is 2.17. The van der Waals surface area contributed by atoms with Crippen LogP contribution in [0, 0.1) is 6.92 Å². The van der Waals surface area contributed by atoms with E-state index in [-0.39, 0.29) is 0 Å². The molecule has 0 N–H and O–H groups in total. The molecule has 0 aliphatic carbocycles. The van der Waals surface area contributed by atoms with Crippen molar-refractivity contribution in [1.29, 1.82) is 0 Å². The number of anilines is 1. The van der Waals surface area contributed by atoms with Gasteiger partial charge in [0, 0.05) is 37.1 Å². The highest BCUT2D eigenvalue weighted by Gasteiger charge is 2.15. The summed E-state index contributed by atoms with van der Waals surface area (Å²) in [5.41, 5.74) is 0.910. The van der Waals surface area contributed by atoms with Gasteiger partial charge in [0.2, 0.25) is 0 Å². The number of aryl methyl sites for hydroxylation is 2. The Hall–Kier alpha value is -1.30. The molecule has 3 heterocycles. The predicted octanol–water partition coefficient (Wildman–Crippen LogP) is 1.55. The normalized spacial score (nSPS) is 16.4. The third-order valence-corrected chi connectivity index (χ3v) is 4.11. The molecule has 1 fully saturated rings. The van der Waals surface area contributed by atoms with Crippen molar-refractivity contribution < 1.29 is 0 Å². The predicted molar refractivity (Wildman–Crippen MR) is 74.4 cm³/mol. The molecule has 2 aromatic heterocycles. The molecular formula is C12H17N5S. The lowest BCUT2D eigenvalue weighted by atomic mass is 10.4. The van der Waals surface area contributed by atoms with E-state index in [1.165, 1.54) is 11.5 Å². The number of hydrogen-bond acceptors (Lipinski definition) is 5. The summed E-state index contributed by atoms with van der Waals surface area (Å²) in [5, 5.41) is 4.44. The highest BCUT2D eigenvalue weighted by Crippen LogP contribution is 2.19. The SMILES string of the molecule is CCc1nc2cc(N3CCSCC3)nc(C)n2n1. The Morgan fingerprint density at radius 1 is 1.28 bits per heavy atom. The van der Waals surface area contributed by atoms with Crippen molar-refractivity contribution in [1.82, 2.24) is 19.6 Å². The van der Waals surface area contributed by atoms with E-state index in [1.54, 1.807) is 0 Å². The minimum Gasteiger partial charge on any atom is -0.355 e. The van der Waals surface area contributed by atoms with E-state index in [4.69, 9.17) is 0 Å². The second-order valence-electron chi connectivity index (χ2n) is 4.41. The maximum absolute atomic E-state index is 4.65. The molecule has 18 heavy (non-hydrogen) atoms. The third kappa shape index (κ3) is 2.05. The molecule has 0 amide bonds. The summed E-state index contributed by atoms with van der Waals surface area (Å²) in [7, 11) is 0. The second-order valence-corrected chi connectivity index (χ2v) is 5.64. The Morgan fingerprint density at radius 2 is 2.06 bits per heavy atom. The van der Waals surface area contributed by atoms with E-state index >= 15 is 0 Å². The van der Waals surface area contributed by atoms with Gasteiger partial charge >= 0.3 is 0 Å². The highest BCUT2D eigenvalue weighted by atomic mass is 32.2. The second kappa shape index (κ2) is 4.76. The van der Waals surface area contributed by atoms with Crippen LogP contribution in [0.15, 0.2) is 6.07 Å². The number of aromatic nitrogens is 4. The number of thioether (sulfide) groups is 1. The highest BCUT2D eigenvalue weighted by molar-refractivity contribution is 7.99. The van der Waals surface area contributed by atoms with Gasteiger partial charge in [0.05, 0.1) is 0 Å². The minimum absolute atomic E-state index is 0.858. The molecule has 0 aromatic carbocycles. The Bertz CT molecular complexity index is 559. The van der Waals surface area contributed by atoms with E-state index in [1.807, 2.05) is 23.2 Å². The smallest absolute Gasteiger partial charge is 0.161 e. The van der Waals surface area contributed by atoms with Gasteiger partial charge in [0.15, 0.2) is 11.5 Å². The number of nitrogens with zero attached hydrogens (tertiary/aromatic N) is 5. The maximum atomic E-state index is 4.65. The summed E-state index contributed by atoms with van der Waals surface area (Å²) in [6.07, 6.45) is 0.858. The molecule has 0 saturated carbocycles. The molecule has 0 bridgehead atoms. The van der Waals surface area contributed by atoms with Gasteiger partial charge in [0.1, 0.15) is 11.6 Å². The number of rotatable bonds is 2. The van der Waals surface area contributed by atoms with Crippen LogP contribution in [-0.2, 0) is 6.42 Å². The molecule has 1 saturated heterocycles. The zero-order valence-electron chi connectivity index (χ0n) is 10.8. The van der Waals surface area contributed by atoms with Crippen LogP contribution in [0.4, 0.5) is 5.82 Å². The Labute approximate surface area is 111 Å². The summed E-state index contributed by atoms with van der Waals surface area (Å²) in [5.74, 6) is 5.19. The maximum Gasteiger partial charge on any atom is 0.161 e. The Morgan fingerprint density at radius 3 is 2.78 bits per heavy atom. The largest absolute Gasteiger partial charge is 0.355 e. The minimum atomic E-state index is 0.858. The van der Waals surface area contributed by atoms with Crippen molar-refractivity contribution in [2.24, 2.45) is 0 Å². The van der Waals surface area contributed by atoms with E-state index in [0.717, 1.165) is 42.6 Å². The van der Waals surface area contributed by atoms with Crippen molar-refractivity contribution in [3.8, 4) is 0 Å². The van der Waals surface area contributed by atoms with E-state index in [2.05, 4.69) is 33.0 Å². The molecule has 6 heteroatoms. The zero-order valence-corrected chi connectivity index (χ0v) is 11.6. The first-order chi connectivity index (χ1) is 8.78. The fourth-order valence-corrected chi connectivity index (χ4v) is 3.07. The number of fused-ring (bicyclic) bond motifs is 1. The van der Waals surface area contributed by atoms with E-state index in [9.17, 15) is 0 Å². The average Bonchev–Trinajstić information content (AvgIpc) is 2.83. The van der Waals surface area contributed by atoms with Gasteiger partial charge in [-0.3, -0.25) is 0 Å². The molecule has 3 rings (SSSR count). The van der Waals surface area contributed by atoms with Crippen LogP contribution in [0.2, 0.25) is 0 Å². The van der Waals surface area contributed by atoms with Gasteiger partial charge in [-0.25, -0.2) is 9.97 Å². The van der Waals surface area contributed by atoms with Crippen LogP contribution in [0.5, 0.6) is 0 Å². The van der Waals surface area contributed by atoms with Crippen LogP contribution >= 0.6 is 11.8 Å². The quantitative estimate of drug-likeness (QED) is 0.822. The molecule has 0 atom stereocenters. The van der Waals surface area contributed by atoms with Crippen LogP contribution in [-0.4, -0.2) is 44.2 Å². The lowest BCUT2D eigenvalue weighted by Gasteiger charge is -2.27. The Balaban J connectivity index is 2.02. The molecule has 96 valence electrons. The topological polar surface area (TPSA) is 46.3 Å². The molecule has 0 radical (unpaired) electrons. The van der Waals surface area contributed by atoms with Crippen molar-refractivity contribution in [3.05, 3.63) is 17.7 Å². The molecule has 0 spiro atoms. The molecule has 1 aliphatic heterocycles. The van der Waals surface area contributed by atoms with Gasteiger partial charge in [-0.2, -0.15) is 16.3 Å². The fraction of sp³-hybridized carbons (Fsp3) is 0.583. The van der Waals surface area contributed by atoms with Crippen molar-refractivity contribution in [3.63, 3.8) is 0 Å². The zero-order chi connectivity index (χ0) is 12.5. The van der Waals surface area contributed by atoms with E-state index < -0.39 is 0 Å². The van der Waals surface area contributed by atoms with Gasteiger partial charge in [-0.1, -0.05) is 6.92 Å². The molecule has 1 aliphatic rings. The van der Waals surface area contributed by atoms with Crippen LogP contribution in [0.1, 0.15) is 18.6 Å². The first-order valence-corrected chi connectivity index (χ1v) is 7.49. The standard InChI is InChI=1S/C12H17N5S/c1-3-10-14-12-8-11(13-9(2)17(12)15-10)16-4-6-18-7-5-16/h8H,3-7H2,1-2H3. The monoisotopic (exact) mass is 263 g/mol. The number of hydrogen-bond donors (Lipinski definition) is 0. The third-order valence-electron chi connectivity index (χ3n) is 3.17. The first kappa shape index (κ1) is 11.8. The molecular weight excluding hydrogens is 246 g/mol. The van der Waals surface area contributed by atoms with Gasteiger partial charge in [0.25, 0.3) is 0 Å². The summed E-state index contributed by atoms with van der Waals surface area (Å²) in [4.78, 5) is 11.5.